The molecule has 2 N–H and O–H groups in total. The number of nitrogens with zero attached hydrogens (tertiary/aromatic N) is 1. The number of benzene rings is 1. The van der Waals surface area contributed by atoms with E-state index in [4.69, 9.17) is 22.2 Å². The fourth-order valence-corrected chi connectivity index (χ4v) is 3.79. The number of carbonyl (C=O) groups excluding carboxylic acids is 2. The highest BCUT2D eigenvalue weighted by molar-refractivity contribution is 6.23. The predicted molar refractivity (Wildman–Crippen MR) is 104 cm³/mol. The first kappa shape index (κ1) is 25.6. The van der Waals surface area contributed by atoms with E-state index < -0.39 is 64.9 Å². The molecule has 2 rings (SSSR count). The van der Waals surface area contributed by atoms with Gasteiger partial charge in [0.1, 0.15) is 11.7 Å². The summed E-state index contributed by atoms with van der Waals surface area (Å²) in [5, 5.41) is -4.34. The van der Waals surface area contributed by atoms with Gasteiger partial charge in [0, 0.05) is 6.54 Å². The van der Waals surface area contributed by atoms with Crippen LogP contribution in [-0.4, -0.2) is 47.6 Å². The molecule has 0 spiro atoms. The topological polar surface area (TPSA) is 81.9 Å². The summed E-state index contributed by atoms with van der Waals surface area (Å²) >= 11 is 5.22. The van der Waals surface area contributed by atoms with Crippen LogP contribution in [0.3, 0.4) is 0 Å². The smallest absolute Gasteiger partial charge is 0.432 e. The molecule has 0 saturated carbocycles. The highest BCUT2D eigenvalue weighted by Gasteiger charge is 2.57. The first-order chi connectivity index (χ1) is 14.9. The van der Waals surface area contributed by atoms with Crippen molar-refractivity contribution in [3.8, 4) is 0 Å². The molecule has 1 aliphatic heterocycles. The van der Waals surface area contributed by atoms with Crippen LogP contribution in [0.1, 0.15) is 19.4 Å². The molecule has 0 fully saturated rings. The van der Waals surface area contributed by atoms with Crippen molar-refractivity contribution in [2.24, 2.45) is 5.90 Å². The van der Waals surface area contributed by atoms with Crippen LogP contribution in [0.5, 0.6) is 0 Å². The van der Waals surface area contributed by atoms with Crippen LogP contribution in [0.2, 0.25) is 0 Å². The van der Waals surface area contributed by atoms with Gasteiger partial charge >= 0.3 is 23.5 Å². The molecule has 0 amide bonds. The fourth-order valence-electron chi connectivity index (χ4n) is 3.56. The number of ether oxygens (including phenoxy) is 1. The van der Waals surface area contributed by atoms with Gasteiger partial charge < -0.3 is 14.5 Å². The lowest BCUT2D eigenvalue weighted by molar-refractivity contribution is -0.147. The van der Waals surface area contributed by atoms with Crippen molar-refractivity contribution in [1.82, 2.24) is 4.90 Å². The Balaban J connectivity index is 3.02. The molecule has 1 aliphatic rings. The minimum atomic E-state index is -5.29. The Kier molecular flexibility index (Phi) is 7.89. The lowest BCUT2D eigenvalue weighted by Crippen LogP contribution is -2.54. The summed E-state index contributed by atoms with van der Waals surface area (Å²) in [6.45, 7) is 1.58. The molecule has 0 radical (unpaired) electrons. The van der Waals surface area contributed by atoms with Gasteiger partial charge in [-0.1, -0.05) is 30.3 Å². The summed E-state index contributed by atoms with van der Waals surface area (Å²) in [6.07, 6.45) is -5.79. The number of hydrogen-bond donors (Lipinski definition) is 1. The second kappa shape index (κ2) is 9.86. The van der Waals surface area contributed by atoms with E-state index in [-0.39, 0.29) is 11.5 Å². The second-order valence-corrected chi connectivity index (χ2v) is 7.14. The molecular formula is C20H20ClF5N2O4. The van der Waals surface area contributed by atoms with E-state index in [2.05, 4.69) is 4.84 Å². The number of rotatable bonds is 7. The van der Waals surface area contributed by atoms with Crippen LogP contribution >= 0.6 is 11.6 Å². The van der Waals surface area contributed by atoms with Crippen LogP contribution < -0.4 is 5.90 Å². The van der Waals surface area contributed by atoms with E-state index in [1.807, 2.05) is 0 Å². The molecule has 1 heterocycles. The van der Waals surface area contributed by atoms with E-state index in [9.17, 15) is 31.5 Å². The van der Waals surface area contributed by atoms with Gasteiger partial charge in [0.15, 0.2) is 0 Å². The summed E-state index contributed by atoms with van der Waals surface area (Å²) in [5.41, 5.74) is -4.11. The molecule has 6 nitrogen and oxygen atoms in total. The van der Waals surface area contributed by atoms with Crippen LogP contribution in [0.4, 0.5) is 22.0 Å². The third kappa shape index (κ3) is 5.21. The van der Waals surface area contributed by atoms with Crippen LogP contribution in [0.15, 0.2) is 52.7 Å². The van der Waals surface area contributed by atoms with Crippen molar-refractivity contribution in [3.05, 3.63) is 58.3 Å². The maximum absolute atomic E-state index is 14.5. The van der Waals surface area contributed by atoms with Crippen molar-refractivity contribution < 1.29 is 41.1 Å². The number of esters is 1. The first-order valence-electron chi connectivity index (χ1n) is 9.38. The number of likely N-dealkylation sites (N-methyl/N-ethyl adjacent to an activating group) is 1. The van der Waals surface area contributed by atoms with E-state index >= 15 is 0 Å². The minimum Gasteiger partial charge on any atom is -0.463 e. The summed E-state index contributed by atoms with van der Waals surface area (Å²) in [5.74, 6) is 1.87. The molecule has 12 heteroatoms. The van der Waals surface area contributed by atoms with Gasteiger partial charge in [-0.15, -0.1) is 0 Å². The Morgan fingerprint density at radius 2 is 1.69 bits per heavy atom. The standard InChI is InChI=1S/C20H20ClF5N2O4/c1-3-28-15(19(21,22)23)13(17(29)31-4-2)12(10-11-8-6-5-7-9-11)14(18(30)32-27)16(28)20(24,25)26/h5-9,15H,3-4,10,27H2,1-2H3. The summed E-state index contributed by atoms with van der Waals surface area (Å²) < 4.78 is 76.2. The molecule has 0 bridgehead atoms. The normalized spacial score (nSPS) is 17.5. The molecule has 1 unspecified atom stereocenters. The molecule has 176 valence electrons. The van der Waals surface area contributed by atoms with Crippen LogP contribution in [-0.2, 0) is 25.6 Å². The maximum Gasteiger partial charge on any atom is 0.432 e. The molecule has 1 aromatic rings. The Bertz CT molecular complexity index is 926. The van der Waals surface area contributed by atoms with Crippen molar-refractivity contribution in [1.29, 1.82) is 0 Å². The third-order valence-electron chi connectivity index (χ3n) is 4.69. The van der Waals surface area contributed by atoms with Crippen molar-refractivity contribution in [2.75, 3.05) is 13.2 Å². The fraction of sp³-hybridized carbons (Fsp3) is 0.400. The van der Waals surface area contributed by atoms with Crippen molar-refractivity contribution in [3.63, 3.8) is 0 Å². The number of hydrogen-bond acceptors (Lipinski definition) is 6. The van der Waals surface area contributed by atoms with Gasteiger partial charge in [-0.2, -0.15) is 27.8 Å². The van der Waals surface area contributed by atoms with E-state index in [1.165, 1.54) is 19.1 Å². The summed E-state index contributed by atoms with van der Waals surface area (Å²) in [6, 6.07) is 5.10. The zero-order valence-corrected chi connectivity index (χ0v) is 17.8. The summed E-state index contributed by atoms with van der Waals surface area (Å²) in [4.78, 5) is 29.4. The molecule has 1 aromatic carbocycles. The van der Waals surface area contributed by atoms with Crippen molar-refractivity contribution >= 4 is 23.5 Å². The lowest BCUT2D eigenvalue weighted by atomic mass is 9.84. The predicted octanol–water partition coefficient (Wildman–Crippen LogP) is 3.86. The SMILES string of the molecule is CCOC(=O)C1=C(Cc2ccccc2)C(C(=O)ON)=C(C(F)(F)F)N(CC)C1C(F)(F)Cl. The average Bonchev–Trinajstić information content (AvgIpc) is 2.71. The molecule has 0 aliphatic carbocycles. The number of allylic oxidation sites excluding steroid dienone is 1. The first-order valence-corrected chi connectivity index (χ1v) is 9.76. The lowest BCUT2D eigenvalue weighted by Gasteiger charge is -2.42. The zero-order chi connectivity index (χ0) is 24.3. The average molecular weight is 483 g/mol. The Hall–Kier alpha value is -2.66. The number of alkyl halides is 6. The summed E-state index contributed by atoms with van der Waals surface area (Å²) in [7, 11) is 0. The number of halogens is 6. The number of carbonyl (C=O) groups is 2. The van der Waals surface area contributed by atoms with Crippen molar-refractivity contribution in [2.45, 2.75) is 37.9 Å². The highest BCUT2D eigenvalue weighted by Crippen LogP contribution is 2.47. The van der Waals surface area contributed by atoms with Gasteiger partial charge in [0.05, 0.1) is 17.8 Å². The van der Waals surface area contributed by atoms with Gasteiger partial charge in [0.25, 0.3) is 0 Å². The molecular weight excluding hydrogens is 463 g/mol. The largest absolute Gasteiger partial charge is 0.463 e. The molecule has 0 aromatic heterocycles. The van der Waals surface area contributed by atoms with E-state index in [0.29, 0.717) is 5.56 Å². The van der Waals surface area contributed by atoms with Gasteiger partial charge in [-0.05, 0) is 43.0 Å². The Morgan fingerprint density at radius 1 is 1.09 bits per heavy atom. The third-order valence-corrected chi connectivity index (χ3v) is 4.89. The Morgan fingerprint density at radius 3 is 2.12 bits per heavy atom. The quantitative estimate of drug-likeness (QED) is 0.275. The number of nitrogens with two attached hydrogens (primary N) is 1. The monoisotopic (exact) mass is 482 g/mol. The minimum absolute atomic E-state index is 0.139. The highest BCUT2D eigenvalue weighted by atomic mass is 35.5. The second-order valence-electron chi connectivity index (χ2n) is 6.63. The van der Waals surface area contributed by atoms with Gasteiger partial charge in [-0.25, -0.2) is 9.59 Å². The van der Waals surface area contributed by atoms with Gasteiger partial charge in [-0.3, -0.25) is 0 Å². The molecule has 32 heavy (non-hydrogen) atoms. The van der Waals surface area contributed by atoms with E-state index in [1.54, 1.807) is 18.2 Å². The zero-order valence-electron chi connectivity index (χ0n) is 17.0. The van der Waals surface area contributed by atoms with Crippen LogP contribution in [0, 0.1) is 0 Å². The van der Waals surface area contributed by atoms with Crippen LogP contribution in [0.25, 0.3) is 0 Å². The van der Waals surface area contributed by atoms with E-state index in [0.717, 1.165) is 6.92 Å². The molecule has 0 saturated heterocycles. The Labute approximate surface area is 185 Å². The molecule has 1 atom stereocenters. The van der Waals surface area contributed by atoms with Gasteiger partial charge in [0.2, 0.25) is 0 Å². The maximum atomic E-state index is 14.5.